The van der Waals surface area contributed by atoms with Crippen molar-refractivity contribution in [2.45, 2.75) is 6.92 Å². The zero-order valence-corrected chi connectivity index (χ0v) is 15.9. The number of aromatic nitrogens is 2. The third-order valence-corrected chi connectivity index (χ3v) is 5.34. The number of carbonyl (C=O) groups excluding carboxylic acids is 1. The smallest absolute Gasteiger partial charge is 0.256 e. The number of piperazine rings is 1. The molecule has 1 aromatic carbocycles. The molecule has 27 heavy (non-hydrogen) atoms. The fourth-order valence-corrected chi connectivity index (χ4v) is 3.64. The summed E-state index contributed by atoms with van der Waals surface area (Å²) in [6.45, 7) is 6.03. The van der Waals surface area contributed by atoms with Crippen LogP contribution in [0.2, 0.25) is 0 Å². The average Bonchev–Trinajstić information content (AvgIpc) is 3.17. The molecule has 1 amide bonds. The van der Waals surface area contributed by atoms with Gasteiger partial charge in [0.05, 0.1) is 11.3 Å². The van der Waals surface area contributed by atoms with E-state index in [1.807, 2.05) is 47.6 Å². The van der Waals surface area contributed by atoms with Crippen LogP contribution in [0.25, 0.3) is 10.9 Å². The van der Waals surface area contributed by atoms with Crippen molar-refractivity contribution in [2.24, 2.45) is 0 Å². The van der Waals surface area contributed by atoms with Crippen molar-refractivity contribution in [1.82, 2.24) is 14.9 Å². The van der Waals surface area contributed by atoms with Crippen LogP contribution in [0.15, 0.2) is 48.8 Å². The number of anilines is 2. The average molecular weight is 363 g/mol. The maximum Gasteiger partial charge on any atom is 0.256 e. The number of rotatable bonds is 4. The molecule has 3 aromatic rings. The summed E-state index contributed by atoms with van der Waals surface area (Å²) in [5.74, 6) is 1.10. The van der Waals surface area contributed by atoms with Gasteiger partial charge in [-0.2, -0.15) is 0 Å². The van der Waals surface area contributed by atoms with Gasteiger partial charge in [-0.1, -0.05) is 18.2 Å². The van der Waals surface area contributed by atoms with E-state index in [0.717, 1.165) is 47.6 Å². The van der Waals surface area contributed by atoms with Crippen LogP contribution in [0.1, 0.15) is 17.3 Å². The number of H-pyrrole nitrogens is 1. The van der Waals surface area contributed by atoms with Gasteiger partial charge >= 0.3 is 0 Å². The maximum absolute atomic E-state index is 13.0. The highest BCUT2D eigenvalue weighted by Gasteiger charge is 2.26. The van der Waals surface area contributed by atoms with Crippen molar-refractivity contribution < 1.29 is 4.79 Å². The number of nitrogens with zero attached hydrogens (tertiary/aromatic N) is 4. The van der Waals surface area contributed by atoms with Gasteiger partial charge in [0.25, 0.3) is 5.91 Å². The molecule has 1 N–H and O–H groups in total. The molecule has 0 aliphatic carbocycles. The third-order valence-electron chi connectivity index (χ3n) is 5.34. The molecule has 1 aliphatic rings. The normalized spacial score (nSPS) is 14.6. The monoisotopic (exact) mass is 363 g/mol. The largest absolute Gasteiger partial charge is 0.372 e. The number of amides is 1. The van der Waals surface area contributed by atoms with E-state index >= 15 is 0 Å². The Hall–Kier alpha value is -3.02. The molecule has 4 rings (SSSR count). The van der Waals surface area contributed by atoms with Crippen LogP contribution < -0.4 is 9.80 Å². The highest BCUT2D eigenvalue weighted by molar-refractivity contribution is 6.06. The summed E-state index contributed by atoms with van der Waals surface area (Å²) in [6, 6.07) is 12.0. The Bertz CT molecular complexity index is 942. The second kappa shape index (κ2) is 7.31. The minimum absolute atomic E-state index is 0.0963. The SMILES string of the molecule is CCN(C)c1cccnc1N1CCN(C(=O)c2c[nH]c3ccccc23)CC1. The van der Waals surface area contributed by atoms with E-state index in [-0.39, 0.29) is 5.91 Å². The molecule has 0 spiro atoms. The summed E-state index contributed by atoms with van der Waals surface area (Å²) in [6.07, 6.45) is 3.66. The summed E-state index contributed by atoms with van der Waals surface area (Å²) >= 11 is 0. The lowest BCUT2D eigenvalue weighted by molar-refractivity contribution is 0.0748. The van der Waals surface area contributed by atoms with Gasteiger partial charge < -0.3 is 19.7 Å². The first-order chi connectivity index (χ1) is 13.2. The summed E-state index contributed by atoms with van der Waals surface area (Å²) in [5.41, 5.74) is 2.89. The molecule has 1 aliphatic heterocycles. The molecule has 6 nitrogen and oxygen atoms in total. The first-order valence-electron chi connectivity index (χ1n) is 9.45. The number of nitrogens with one attached hydrogen (secondary N) is 1. The number of aromatic amines is 1. The third kappa shape index (κ3) is 3.23. The topological polar surface area (TPSA) is 55.5 Å². The zero-order valence-electron chi connectivity index (χ0n) is 15.9. The highest BCUT2D eigenvalue weighted by atomic mass is 16.2. The van der Waals surface area contributed by atoms with Crippen LogP contribution in [0, 0.1) is 0 Å². The van der Waals surface area contributed by atoms with Crippen LogP contribution in [0.4, 0.5) is 11.5 Å². The van der Waals surface area contributed by atoms with Crippen molar-refractivity contribution in [3.8, 4) is 0 Å². The Morgan fingerprint density at radius 1 is 1.15 bits per heavy atom. The summed E-state index contributed by atoms with van der Waals surface area (Å²) in [4.78, 5) is 27.2. The summed E-state index contributed by atoms with van der Waals surface area (Å²) < 4.78 is 0. The Morgan fingerprint density at radius 3 is 2.70 bits per heavy atom. The predicted molar refractivity (Wildman–Crippen MR) is 110 cm³/mol. The second-order valence-corrected chi connectivity index (χ2v) is 6.89. The second-order valence-electron chi connectivity index (χ2n) is 6.89. The molecule has 0 saturated carbocycles. The predicted octanol–water partition coefficient (Wildman–Crippen LogP) is 2.98. The van der Waals surface area contributed by atoms with Gasteiger partial charge in [-0.25, -0.2) is 4.98 Å². The van der Waals surface area contributed by atoms with Gasteiger partial charge in [0.15, 0.2) is 5.82 Å². The molecule has 0 atom stereocenters. The Balaban J connectivity index is 1.49. The molecular weight excluding hydrogens is 338 g/mol. The molecule has 1 saturated heterocycles. The van der Waals surface area contributed by atoms with Crippen molar-refractivity contribution in [3.63, 3.8) is 0 Å². The van der Waals surface area contributed by atoms with Crippen LogP contribution in [0.3, 0.4) is 0 Å². The highest BCUT2D eigenvalue weighted by Crippen LogP contribution is 2.27. The van der Waals surface area contributed by atoms with E-state index in [4.69, 9.17) is 0 Å². The van der Waals surface area contributed by atoms with E-state index in [0.29, 0.717) is 13.1 Å². The van der Waals surface area contributed by atoms with E-state index in [2.05, 4.69) is 39.8 Å². The van der Waals surface area contributed by atoms with Crippen LogP contribution in [-0.2, 0) is 0 Å². The Kier molecular flexibility index (Phi) is 4.71. The maximum atomic E-state index is 13.0. The van der Waals surface area contributed by atoms with E-state index in [1.54, 1.807) is 0 Å². The van der Waals surface area contributed by atoms with Gasteiger partial charge in [0, 0.05) is 63.1 Å². The van der Waals surface area contributed by atoms with Crippen LogP contribution in [0.5, 0.6) is 0 Å². The molecule has 3 heterocycles. The first-order valence-corrected chi connectivity index (χ1v) is 9.45. The number of carbonyl (C=O) groups is 1. The fourth-order valence-electron chi connectivity index (χ4n) is 3.64. The van der Waals surface area contributed by atoms with Gasteiger partial charge in [0.2, 0.25) is 0 Å². The van der Waals surface area contributed by atoms with Crippen LogP contribution in [-0.4, -0.2) is 60.5 Å². The minimum Gasteiger partial charge on any atom is -0.372 e. The number of pyridine rings is 1. The summed E-state index contributed by atoms with van der Waals surface area (Å²) in [5, 5.41) is 0.988. The van der Waals surface area contributed by atoms with E-state index < -0.39 is 0 Å². The molecule has 1 fully saturated rings. The first kappa shape index (κ1) is 17.4. The molecule has 6 heteroatoms. The number of para-hydroxylation sites is 1. The quantitative estimate of drug-likeness (QED) is 0.774. The zero-order chi connectivity index (χ0) is 18.8. The molecular formula is C21H25N5O. The van der Waals surface area contributed by atoms with Gasteiger partial charge in [-0.15, -0.1) is 0 Å². The van der Waals surface area contributed by atoms with Crippen molar-refractivity contribution in [1.29, 1.82) is 0 Å². The number of fused-ring (bicyclic) bond motifs is 1. The minimum atomic E-state index is 0.0963. The Morgan fingerprint density at radius 2 is 1.93 bits per heavy atom. The molecule has 0 unspecified atom stereocenters. The number of hydrogen-bond acceptors (Lipinski definition) is 4. The Labute approximate surface area is 159 Å². The number of hydrogen-bond donors (Lipinski definition) is 1. The fraction of sp³-hybridized carbons (Fsp3) is 0.333. The van der Waals surface area contributed by atoms with Crippen molar-refractivity contribution >= 4 is 28.3 Å². The van der Waals surface area contributed by atoms with E-state index in [9.17, 15) is 4.79 Å². The lowest BCUT2D eigenvalue weighted by Crippen LogP contribution is -2.49. The standard InChI is InChI=1S/C21H25N5O/c1-3-24(2)19-9-6-10-22-20(19)25-11-13-26(14-12-25)21(27)17-15-23-18-8-5-4-7-16(17)18/h4-10,15,23H,3,11-14H2,1-2H3. The van der Waals surface area contributed by atoms with Gasteiger partial charge in [-0.05, 0) is 25.1 Å². The number of benzene rings is 1. The van der Waals surface area contributed by atoms with Crippen LogP contribution >= 0.6 is 0 Å². The van der Waals surface area contributed by atoms with Crippen molar-refractivity contribution in [3.05, 3.63) is 54.4 Å². The van der Waals surface area contributed by atoms with Gasteiger partial charge in [-0.3, -0.25) is 4.79 Å². The molecule has 0 radical (unpaired) electrons. The lowest BCUT2D eigenvalue weighted by Gasteiger charge is -2.37. The summed E-state index contributed by atoms with van der Waals surface area (Å²) in [7, 11) is 2.08. The van der Waals surface area contributed by atoms with Gasteiger partial charge in [0.1, 0.15) is 0 Å². The lowest BCUT2D eigenvalue weighted by atomic mass is 10.1. The molecule has 0 bridgehead atoms. The molecule has 2 aromatic heterocycles. The molecule has 140 valence electrons. The van der Waals surface area contributed by atoms with Crippen molar-refractivity contribution in [2.75, 3.05) is 49.6 Å². The van der Waals surface area contributed by atoms with E-state index in [1.165, 1.54) is 0 Å².